The summed E-state index contributed by atoms with van der Waals surface area (Å²) in [5.41, 5.74) is 5.11. The summed E-state index contributed by atoms with van der Waals surface area (Å²) in [6, 6.07) is -0.870. The molecule has 4 nitrogen and oxygen atoms in total. The van der Waals surface area contributed by atoms with E-state index < -0.39 is 12.0 Å². The van der Waals surface area contributed by atoms with E-state index in [1.54, 1.807) is 5.40 Å². The van der Waals surface area contributed by atoms with Crippen molar-refractivity contribution in [2.75, 3.05) is 5.75 Å². The van der Waals surface area contributed by atoms with Crippen LogP contribution in [-0.2, 0) is 4.79 Å². The zero-order chi connectivity index (χ0) is 7.98. The maximum Gasteiger partial charge on any atom is 0.321 e. The number of nitrogens with zero attached hydrogens (tertiary/aromatic N) is 1. The first-order valence-corrected chi connectivity index (χ1v) is 4.66. The minimum Gasteiger partial charge on any atom is -0.480 e. The molecule has 0 rings (SSSR count). The highest BCUT2D eigenvalue weighted by molar-refractivity contribution is 8.78. The number of thiocyanates is 1. The lowest BCUT2D eigenvalue weighted by atomic mass is 10.4. The number of hydrogen-bond acceptors (Lipinski definition) is 5. The topological polar surface area (TPSA) is 87.1 Å². The highest BCUT2D eigenvalue weighted by atomic mass is 33.1. The molecule has 0 amide bonds. The van der Waals surface area contributed by atoms with E-state index >= 15 is 0 Å². The van der Waals surface area contributed by atoms with Gasteiger partial charge in [0.15, 0.2) is 0 Å². The van der Waals surface area contributed by atoms with Crippen LogP contribution >= 0.6 is 21.6 Å². The Bertz CT molecular complexity index is 156. The Balaban J connectivity index is 3.32. The zero-order valence-electron chi connectivity index (χ0n) is 4.98. The van der Waals surface area contributed by atoms with Gasteiger partial charge < -0.3 is 10.8 Å². The van der Waals surface area contributed by atoms with Crippen molar-refractivity contribution in [2.45, 2.75) is 6.04 Å². The van der Waals surface area contributed by atoms with Crippen LogP contribution in [0.15, 0.2) is 0 Å². The summed E-state index contributed by atoms with van der Waals surface area (Å²) in [6.07, 6.45) is 0. The quantitative estimate of drug-likeness (QED) is 0.365. The molecule has 10 heavy (non-hydrogen) atoms. The minimum atomic E-state index is -1.04. The van der Waals surface area contributed by atoms with Crippen LogP contribution in [0.1, 0.15) is 0 Å². The van der Waals surface area contributed by atoms with Crippen molar-refractivity contribution in [3.05, 3.63) is 0 Å². The highest BCUT2D eigenvalue weighted by Crippen LogP contribution is 2.19. The van der Waals surface area contributed by atoms with E-state index in [1.165, 1.54) is 0 Å². The second kappa shape index (κ2) is 5.41. The molecule has 0 bridgehead atoms. The molecule has 0 heterocycles. The number of carbonyl (C=O) groups is 1. The maximum atomic E-state index is 10.1. The second-order valence-electron chi connectivity index (χ2n) is 1.40. The van der Waals surface area contributed by atoms with Crippen molar-refractivity contribution in [3.63, 3.8) is 0 Å². The van der Waals surface area contributed by atoms with Gasteiger partial charge in [-0.25, -0.2) is 0 Å². The number of hydrogen-bond donors (Lipinski definition) is 2. The fourth-order valence-electron chi connectivity index (χ4n) is 0.205. The molecule has 0 aliphatic heterocycles. The van der Waals surface area contributed by atoms with Gasteiger partial charge in [-0.05, 0) is 0 Å². The predicted octanol–water partition coefficient (Wildman–Crippen LogP) is 0.261. The number of nitrogens with two attached hydrogens (primary N) is 1. The van der Waals surface area contributed by atoms with Crippen LogP contribution in [0.25, 0.3) is 0 Å². The summed E-state index contributed by atoms with van der Waals surface area (Å²) < 4.78 is 0. The van der Waals surface area contributed by atoms with E-state index in [0.29, 0.717) is 0 Å². The van der Waals surface area contributed by atoms with Crippen LogP contribution in [0, 0.1) is 10.7 Å². The van der Waals surface area contributed by atoms with Gasteiger partial charge in [0.2, 0.25) is 0 Å². The lowest BCUT2D eigenvalue weighted by Gasteiger charge is -2.00. The summed E-state index contributed by atoms with van der Waals surface area (Å²) in [7, 11) is 2.07. The number of nitriles is 1. The normalized spacial score (nSPS) is 12.0. The number of aliphatic carboxylic acids is 1. The molecule has 0 saturated carbocycles. The lowest BCUT2D eigenvalue weighted by Crippen LogP contribution is -2.32. The van der Waals surface area contributed by atoms with Crippen molar-refractivity contribution < 1.29 is 9.90 Å². The molecule has 0 aromatic heterocycles. The monoisotopic (exact) mass is 178 g/mol. The molecule has 0 aliphatic carbocycles. The lowest BCUT2D eigenvalue weighted by molar-refractivity contribution is -0.137. The molecular formula is C4H6N2O2S2. The van der Waals surface area contributed by atoms with Crippen LogP contribution in [0.5, 0.6) is 0 Å². The van der Waals surface area contributed by atoms with Crippen LogP contribution in [0.2, 0.25) is 0 Å². The molecule has 0 unspecified atom stereocenters. The van der Waals surface area contributed by atoms with Gasteiger partial charge in [0.1, 0.15) is 11.4 Å². The average Bonchev–Trinajstić information content (AvgIpc) is 1.88. The van der Waals surface area contributed by atoms with Gasteiger partial charge in [-0.15, -0.1) is 0 Å². The molecule has 0 aromatic rings. The number of rotatable bonds is 4. The molecule has 3 N–H and O–H groups in total. The maximum absolute atomic E-state index is 10.1. The fraction of sp³-hybridized carbons (Fsp3) is 0.500. The van der Waals surface area contributed by atoms with E-state index in [4.69, 9.17) is 16.1 Å². The molecule has 0 fully saturated rings. The smallest absolute Gasteiger partial charge is 0.321 e. The molecule has 0 saturated heterocycles. The Morgan fingerprint density at radius 3 is 2.90 bits per heavy atom. The summed E-state index contributed by atoms with van der Waals surface area (Å²) in [6.45, 7) is 0. The van der Waals surface area contributed by atoms with Crippen LogP contribution in [0.3, 0.4) is 0 Å². The van der Waals surface area contributed by atoms with Gasteiger partial charge in [-0.2, -0.15) is 5.26 Å². The predicted molar refractivity (Wildman–Crippen MR) is 41.3 cm³/mol. The van der Waals surface area contributed by atoms with Gasteiger partial charge in [-0.3, -0.25) is 4.79 Å². The summed E-state index contributed by atoms with van der Waals surface area (Å²) in [5, 5.41) is 18.1. The van der Waals surface area contributed by atoms with E-state index in [-0.39, 0.29) is 5.75 Å². The molecule has 0 aromatic carbocycles. The molecule has 6 heteroatoms. The van der Waals surface area contributed by atoms with Crippen molar-refractivity contribution in [1.82, 2.24) is 0 Å². The Morgan fingerprint density at radius 1 is 1.90 bits per heavy atom. The molecule has 0 radical (unpaired) electrons. The Hall–Kier alpha value is -0.380. The Labute approximate surface area is 66.2 Å². The highest BCUT2D eigenvalue weighted by Gasteiger charge is 2.10. The van der Waals surface area contributed by atoms with E-state index in [9.17, 15) is 4.79 Å². The summed E-state index contributed by atoms with van der Waals surface area (Å²) in [5.74, 6) is -0.779. The largest absolute Gasteiger partial charge is 0.480 e. The minimum absolute atomic E-state index is 0.258. The van der Waals surface area contributed by atoms with E-state index in [0.717, 1.165) is 21.6 Å². The van der Waals surface area contributed by atoms with Gasteiger partial charge in [-0.1, -0.05) is 10.8 Å². The molecule has 0 spiro atoms. The van der Waals surface area contributed by atoms with Crippen molar-refractivity contribution in [2.24, 2.45) is 5.73 Å². The third-order valence-corrected chi connectivity index (χ3v) is 2.33. The Kier molecular flexibility index (Phi) is 5.20. The third-order valence-electron chi connectivity index (χ3n) is 0.661. The van der Waals surface area contributed by atoms with Crippen LogP contribution < -0.4 is 5.73 Å². The van der Waals surface area contributed by atoms with Crippen molar-refractivity contribution in [1.29, 1.82) is 5.26 Å². The average molecular weight is 178 g/mol. The first kappa shape index (κ1) is 9.62. The molecule has 1 atom stereocenters. The van der Waals surface area contributed by atoms with Crippen LogP contribution in [0.4, 0.5) is 0 Å². The van der Waals surface area contributed by atoms with Crippen LogP contribution in [-0.4, -0.2) is 22.9 Å². The molecule has 56 valence electrons. The van der Waals surface area contributed by atoms with Crippen molar-refractivity contribution in [3.8, 4) is 5.40 Å². The standard InChI is InChI=1S/C4H6N2O2S2/c5-2-10-9-1-3(6)4(7)8/h3H,1,6H2,(H,7,8)/t3-/m0/s1. The van der Waals surface area contributed by atoms with Crippen molar-refractivity contribution >= 4 is 27.6 Å². The summed E-state index contributed by atoms with van der Waals surface area (Å²) >= 11 is 0. The van der Waals surface area contributed by atoms with Gasteiger partial charge >= 0.3 is 5.97 Å². The molecular weight excluding hydrogens is 172 g/mol. The van der Waals surface area contributed by atoms with Gasteiger partial charge in [0.25, 0.3) is 0 Å². The van der Waals surface area contributed by atoms with E-state index in [1.807, 2.05) is 0 Å². The fourth-order valence-corrected chi connectivity index (χ4v) is 1.42. The summed E-state index contributed by atoms with van der Waals surface area (Å²) in [4.78, 5) is 10.1. The zero-order valence-corrected chi connectivity index (χ0v) is 6.61. The number of carboxylic acid groups (broad SMARTS) is 1. The van der Waals surface area contributed by atoms with Gasteiger partial charge in [0.05, 0.1) is 0 Å². The van der Waals surface area contributed by atoms with E-state index in [2.05, 4.69) is 0 Å². The third kappa shape index (κ3) is 4.49. The second-order valence-corrected chi connectivity index (χ2v) is 3.53. The SMILES string of the molecule is N#CSSC[C@H](N)C(=O)O. The molecule has 0 aliphatic rings. The Morgan fingerprint density at radius 2 is 2.50 bits per heavy atom. The number of carboxylic acids is 1. The first-order chi connectivity index (χ1) is 4.68. The van der Waals surface area contributed by atoms with Gasteiger partial charge in [0, 0.05) is 16.5 Å². The first-order valence-electron chi connectivity index (χ1n) is 2.34.